The molecule has 0 spiro atoms. The third kappa shape index (κ3) is 2.63. The summed E-state index contributed by atoms with van der Waals surface area (Å²) in [6, 6.07) is 8.12. The summed E-state index contributed by atoms with van der Waals surface area (Å²) in [5.41, 5.74) is 0.962. The van der Waals surface area contributed by atoms with Gasteiger partial charge in [-0.25, -0.2) is 8.42 Å². The van der Waals surface area contributed by atoms with Crippen molar-refractivity contribution in [2.45, 2.75) is 56.0 Å². The molecule has 2 aliphatic rings. The summed E-state index contributed by atoms with van der Waals surface area (Å²) < 4.78 is 24.3. The topological polar surface area (TPSA) is 46.2 Å². The summed E-state index contributed by atoms with van der Waals surface area (Å²) >= 11 is 0. The molecule has 0 amide bonds. The molecule has 1 aliphatic heterocycles. The summed E-state index contributed by atoms with van der Waals surface area (Å²) in [5, 5.41) is 3.69. The van der Waals surface area contributed by atoms with Gasteiger partial charge < -0.3 is 5.32 Å². The smallest absolute Gasteiger partial charge is 0.178 e. The Morgan fingerprint density at radius 3 is 2.60 bits per heavy atom. The Kier molecular flexibility index (Phi) is 3.87. The van der Waals surface area contributed by atoms with Crippen molar-refractivity contribution >= 4 is 9.84 Å². The van der Waals surface area contributed by atoms with Gasteiger partial charge in [-0.2, -0.15) is 0 Å². The number of nitrogens with one attached hydrogen (secondary N) is 1. The van der Waals surface area contributed by atoms with Crippen LogP contribution in [0.3, 0.4) is 0 Å². The van der Waals surface area contributed by atoms with Crippen molar-refractivity contribution in [2.75, 3.05) is 5.75 Å². The van der Waals surface area contributed by atoms with E-state index in [1.165, 1.54) is 25.7 Å². The Bertz CT molecular complexity index is 576. The van der Waals surface area contributed by atoms with Crippen molar-refractivity contribution in [1.29, 1.82) is 0 Å². The molecule has 1 aromatic carbocycles. The van der Waals surface area contributed by atoms with E-state index in [1.807, 2.05) is 18.2 Å². The Morgan fingerprint density at radius 2 is 1.85 bits per heavy atom. The first kappa shape index (κ1) is 14.1. The fourth-order valence-electron chi connectivity index (χ4n) is 3.67. The maximum absolute atomic E-state index is 12.1. The molecule has 1 fully saturated rings. The van der Waals surface area contributed by atoms with Crippen molar-refractivity contribution in [3.63, 3.8) is 0 Å². The van der Waals surface area contributed by atoms with E-state index in [-0.39, 0.29) is 11.8 Å². The van der Waals surface area contributed by atoms with Gasteiger partial charge in [0.2, 0.25) is 0 Å². The van der Waals surface area contributed by atoms with E-state index < -0.39 is 9.84 Å². The summed E-state index contributed by atoms with van der Waals surface area (Å²) in [4.78, 5) is 0.530. The summed E-state index contributed by atoms with van der Waals surface area (Å²) in [5.74, 6) is 1.01. The van der Waals surface area contributed by atoms with E-state index in [9.17, 15) is 8.42 Å². The second-order valence-electron chi connectivity index (χ2n) is 6.20. The van der Waals surface area contributed by atoms with Crippen LogP contribution in [0.4, 0.5) is 0 Å². The molecule has 0 saturated heterocycles. The van der Waals surface area contributed by atoms with Crippen LogP contribution in [-0.4, -0.2) is 20.2 Å². The minimum Gasteiger partial charge on any atom is -0.307 e. The standard InChI is InChI=1S/C16H23NO2S/c1-12(13-6-2-3-7-13)17-15-10-11-20(18,19)16-9-5-4-8-14(15)16/h4-5,8-9,12-13,15,17H,2-3,6-7,10-11H2,1H3/t12-,15?/m1/s1. The molecule has 1 N–H and O–H groups in total. The van der Waals surface area contributed by atoms with Crippen molar-refractivity contribution in [3.8, 4) is 0 Å². The van der Waals surface area contributed by atoms with Crippen LogP contribution >= 0.6 is 0 Å². The molecule has 4 heteroatoms. The number of rotatable bonds is 3. The molecule has 0 aromatic heterocycles. The summed E-state index contributed by atoms with van der Waals surface area (Å²) in [6.45, 7) is 2.25. The minimum absolute atomic E-state index is 0.185. The molecule has 0 bridgehead atoms. The zero-order valence-corrected chi connectivity index (χ0v) is 12.8. The predicted molar refractivity (Wildman–Crippen MR) is 80.4 cm³/mol. The van der Waals surface area contributed by atoms with E-state index in [0.29, 0.717) is 17.4 Å². The Morgan fingerprint density at radius 1 is 1.15 bits per heavy atom. The highest BCUT2D eigenvalue weighted by molar-refractivity contribution is 7.91. The van der Waals surface area contributed by atoms with Gasteiger partial charge in [-0.1, -0.05) is 31.0 Å². The van der Waals surface area contributed by atoms with Crippen molar-refractivity contribution in [2.24, 2.45) is 5.92 Å². The monoisotopic (exact) mass is 293 g/mol. The van der Waals surface area contributed by atoms with Gasteiger partial charge in [0.1, 0.15) is 0 Å². The highest BCUT2D eigenvalue weighted by atomic mass is 32.2. The number of fused-ring (bicyclic) bond motifs is 1. The Labute approximate surface area is 121 Å². The highest BCUT2D eigenvalue weighted by Crippen LogP contribution is 2.34. The Hall–Kier alpha value is -0.870. The van der Waals surface area contributed by atoms with Crippen LogP contribution in [0.5, 0.6) is 0 Å². The third-order valence-electron chi connectivity index (χ3n) is 4.88. The zero-order valence-electron chi connectivity index (χ0n) is 12.0. The van der Waals surface area contributed by atoms with E-state index in [4.69, 9.17) is 0 Å². The van der Waals surface area contributed by atoms with Gasteiger partial charge in [0.25, 0.3) is 0 Å². The largest absolute Gasteiger partial charge is 0.307 e. The van der Waals surface area contributed by atoms with Crippen molar-refractivity contribution in [1.82, 2.24) is 5.32 Å². The van der Waals surface area contributed by atoms with Crippen LogP contribution in [0, 0.1) is 5.92 Å². The first-order valence-corrected chi connectivity index (χ1v) is 9.31. The first-order valence-electron chi connectivity index (χ1n) is 7.65. The molecule has 2 atom stereocenters. The molecule has 0 radical (unpaired) electrons. The average Bonchev–Trinajstić information content (AvgIpc) is 2.96. The van der Waals surface area contributed by atoms with Crippen LogP contribution in [0.15, 0.2) is 29.2 Å². The number of benzene rings is 1. The molecule has 20 heavy (non-hydrogen) atoms. The van der Waals surface area contributed by atoms with Crippen LogP contribution in [-0.2, 0) is 9.84 Å². The van der Waals surface area contributed by atoms with Crippen molar-refractivity contribution < 1.29 is 8.42 Å². The maximum atomic E-state index is 12.1. The molecule has 1 aromatic rings. The summed E-state index contributed by atoms with van der Waals surface area (Å²) in [7, 11) is -3.07. The molecular weight excluding hydrogens is 270 g/mol. The minimum atomic E-state index is -3.07. The predicted octanol–water partition coefficient (Wildman–Crippen LogP) is 3.07. The summed E-state index contributed by atoms with van der Waals surface area (Å²) in [6.07, 6.45) is 5.98. The molecule has 110 valence electrons. The lowest BCUT2D eigenvalue weighted by Crippen LogP contribution is -2.38. The van der Waals surface area contributed by atoms with Gasteiger partial charge in [-0.05, 0) is 43.7 Å². The lowest BCUT2D eigenvalue weighted by atomic mass is 9.96. The lowest BCUT2D eigenvalue weighted by molar-refractivity contribution is 0.334. The highest BCUT2D eigenvalue weighted by Gasteiger charge is 2.32. The second kappa shape index (κ2) is 5.49. The van der Waals surface area contributed by atoms with Gasteiger partial charge in [0.05, 0.1) is 10.6 Å². The van der Waals surface area contributed by atoms with Crippen LogP contribution in [0.1, 0.15) is 50.6 Å². The van der Waals surface area contributed by atoms with Gasteiger partial charge in [-0.15, -0.1) is 0 Å². The van der Waals surface area contributed by atoms with E-state index in [1.54, 1.807) is 6.07 Å². The third-order valence-corrected chi connectivity index (χ3v) is 6.69. The average molecular weight is 293 g/mol. The molecule has 3 rings (SSSR count). The fourth-order valence-corrected chi connectivity index (χ4v) is 5.30. The molecule has 1 unspecified atom stereocenters. The van der Waals surface area contributed by atoms with E-state index in [2.05, 4.69) is 12.2 Å². The number of sulfone groups is 1. The second-order valence-corrected chi connectivity index (χ2v) is 8.28. The van der Waals surface area contributed by atoms with Crippen molar-refractivity contribution in [3.05, 3.63) is 29.8 Å². The molecule has 1 saturated carbocycles. The van der Waals surface area contributed by atoms with Crippen LogP contribution in [0.2, 0.25) is 0 Å². The number of hydrogen-bond donors (Lipinski definition) is 1. The molecule has 1 heterocycles. The van der Waals surface area contributed by atoms with Gasteiger partial charge >= 0.3 is 0 Å². The molecule has 3 nitrogen and oxygen atoms in total. The fraction of sp³-hybridized carbons (Fsp3) is 0.625. The van der Waals surface area contributed by atoms with E-state index in [0.717, 1.165) is 11.5 Å². The first-order chi connectivity index (χ1) is 9.58. The van der Waals surface area contributed by atoms with Gasteiger partial charge in [-0.3, -0.25) is 0 Å². The van der Waals surface area contributed by atoms with E-state index >= 15 is 0 Å². The normalized spacial score (nSPS) is 27.1. The maximum Gasteiger partial charge on any atom is 0.178 e. The van der Waals surface area contributed by atoms with Gasteiger partial charge in [0, 0.05) is 12.1 Å². The molecule has 1 aliphatic carbocycles. The van der Waals surface area contributed by atoms with Gasteiger partial charge in [0.15, 0.2) is 9.84 Å². The van der Waals surface area contributed by atoms with Crippen LogP contribution < -0.4 is 5.32 Å². The number of hydrogen-bond acceptors (Lipinski definition) is 3. The quantitative estimate of drug-likeness (QED) is 0.931. The lowest BCUT2D eigenvalue weighted by Gasteiger charge is -2.31. The van der Waals surface area contributed by atoms with Crippen LogP contribution in [0.25, 0.3) is 0 Å². The molecular formula is C16H23NO2S. The SMILES string of the molecule is C[C@@H](NC1CCS(=O)(=O)c2ccccc21)C1CCCC1. The zero-order chi connectivity index (χ0) is 14.2. The Balaban J connectivity index is 1.81.